The van der Waals surface area contributed by atoms with Crippen LogP contribution in [-0.4, -0.2) is 34.0 Å². The number of aryl methyl sites for hydroxylation is 1. The van der Waals surface area contributed by atoms with Crippen molar-refractivity contribution >= 4 is 22.0 Å². The molecule has 1 fully saturated rings. The molecule has 0 unspecified atom stereocenters. The van der Waals surface area contributed by atoms with Crippen LogP contribution in [0.25, 0.3) is 6.08 Å². The Morgan fingerprint density at radius 2 is 1.90 bits per heavy atom. The van der Waals surface area contributed by atoms with Gasteiger partial charge in [0.2, 0.25) is 15.9 Å². The first-order chi connectivity index (χ1) is 14.3. The number of halogens is 2. The molecule has 0 bridgehead atoms. The maximum atomic E-state index is 12.6. The standard InChI is InChI=1S/C21H28F2N2O4S/c22-21(23)29-18-8-6-17-14-19(9-7-16(17)13-18)30(27,28)25-11-10-24-20(26)12-15-4-2-1-3-5-15/h6,8,13-15,21,25H,1-5,7,9-12H2,(H,24,26). The van der Waals surface area contributed by atoms with Gasteiger partial charge in [-0.3, -0.25) is 4.79 Å². The molecule has 30 heavy (non-hydrogen) atoms. The van der Waals surface area contributed by atoms with E-state index in [1.54, 1.807) is 12.1 Å². The molecule has 0 heterocycles. The number of nitrogens with one attached hydrogen (secondary N) is 2. The van der Waals surface area contributed by atoms with Crippen LogP contribution in [0.1, 0.15) is 56.1 Å². The van der Waals surface area contributed by atoms with Gasteiger partial charge in [0.1, 0.15) is 5.75 Å². The molecular formula is C21H28F2N2O4S. The molecule has 0 saturated heterocycles. The molecule has 2 aliphatic carbocycles. The van der Waals surface area contributed by atoms with Crippen molar-refractivity contribution in [2.24, 2.45) is 5.92 Å². The van der Waals surface area contributed by atoms with Gasteiger partial charge in [-0.25, -0.2) is 13.1 Å². The third-order valence-corrected chi connectivity index (χ3v) is 7.18. The number of carbonyl (C=O) groups is 1. The summed E-state index contributed by atoms with van der Waals surface area (Å²) in [5, 5.41) is 2.78. The quantitative estimate of drug-likeness (QED) is 0.573. The van der Waals surface area contributed by atoms with E-state index in [-0.39, 0.29) is 36.1 Å². The summed E-state index contributed by atoms with van der Waals surface area (Å²) < 4.78 is 56.7. The number of hydrogen-bond donors (Lipinski definition) is 2. The van der Waals surface area contributed by atoms with E-state index in [2.05, 4.69) is 14.8 Å². The van der Waals surface area contributed by atoms with Crippen LogP contribution in [0.2, 0.25) is 0 Å². The molecule has 1 aromatic carbocycles. The average Bonchev–Trinajstić information content (AvgIpc) is 2.71. The zero-order valence-corrected chi connectivity index (χ0v) is 17.6. The lowest BCUT2D eigenvalue weighted by Gasteiger charge is -2.21. The molecule has 9 heteroatoms. The molecule has 1 saturated carbocycles. The monoisotopic (exact) mass is 442 g/mol. The van der Waals surface area contributed by atoms with Crippen LogP contribution in [0.3, 0.4) is 0 Å². The number of benzene rings is 1. The van der Waals surface area contributed by atoms with Gasteiger partial charge in [-0.1, -0.05) is 25.3 Å². The number of fused-ring (bicyclic) bond motifs is 1. The maximum Gasteiger partial charge on any atom is 0.387 e. The highest BCUT2D eigenvalue weighted by Crippen LogP contribution is 2.30. The second-order valence-electron chi connectivity index (χ2n) is 7.81. The second-order valence-corrected chi connectivity index (χ2v) is 9.63. The van der Waals surface area contributed by atoms with E-state index in [9.17, 15) is 22.0 Å². The van der Waals surface area contributed by atoms with Crippen LogP contribution < -0.4 is 14.8 Å². The predicted octanol–water partition coefficient (Wildman–Crippen LogP) is 3.58. The molecule has 0 aromatic heterocycles. The summed E-state index contributed by atoms with van der Waals surface area (Å²) in [7, 11) is -3.67. The highest BCUT2D eigenvalue weighted by atomic mass is 32.2. The zero-order chi connectivity index (χ0) is 21.6. The van der Waals surface area contributed by atoms with E-state index in [1.807, 2.05) is 0 Å². The Balaban J connectivity index is 1.48. The Labute approximate surface area is 176 Å². The normalized spacial score (nSPS) is 17.4. The molecule has 0 atom stereocenters. The molecule has 0 spiro atoms. The molecule has 0 radical (unpaired) electrons. The van der Waals surface area contributed by atoms with Crippen LogP contribution in [-0.2, 0) is 21.2 Å². The minimum Gasteiger partial charge on any atom is -0.435 e. The third-order valence-electron chi connectivity index (χ3n) is 5.58. The topological polar surface area (TPSA) is 84.5 Å². The van der Waals surface area contributed by atoms with Gasteiger partial charge in [-0.05, 0) is 60.9 Å². The molecule has 1 aromatic rings. The molecule has 166 valence electrons. The van der Waals surface area contributed by atoms with Crippen LogP contribution in [0.5, 0.6) is 5.75 Å². The Morgan fingerprint density at radius 1 is 1.13 bits per heavy atom. The first-order valence-corrected chi connectivity index (χ1v) is 11.9. The van der Waals surface area contributed by atoms with Gasteiger partial charge in [-0.15, -0.1) is 0 Å². The fourth-order valence-electron chi connectivity index (χ4n) is 4.04. The summed E-state index contributed by atoms with van der Waals surface area (Å²) in [6, 6.07) is 4.48. The zero-order valence-electron chi connectivity index (χ0n) is 16.8. The first kappa shape index (κ1) is 22.7. The van der Waals surface area contributed by atoms with Crippen molar-refractivity contribution in [2.75, 3.05) is 13.1 Å². The Kier molecular flexibility index (Phi) is 7.82. The summed E-state index contributed by atoms with van der Waals surface area (Å²) in [6.45, 7) is -2.54. The average molecular weight is 443 g/mol. The van der Waals surface area contributed by atoms with E-state index in [1.165, 1.54) is 31.4 Å². The van der Waals surface area contributed by atoms with Crippen LogP contribution in [0.4, 0.5) is 8.78 Å². The van der Waals surface area contributed by atoms with Crippen molar-refractivity contribution in [3.8, 4) is 5.75 Å². The van der Waals surface area contributed by atoms with Crippen LogP contribution >= 0.6 is 0 Å². The number of sulfonamides is 1. The largest absolute Gasteiger partial charge is 0.435 e. The Morgan fingerprint density at radius 3 is 2.63 bits per heavy atom. The summed E-state index contributed by atoms with van der Waals surface area (Å²) >= 11 is 0. The highest BCUT2D eigenvalue weighted by Gasteiger charge is 2.22. The third kappa shape index (κ3) is 6.50. The number of alkyl halides is 2. The molecule has 3 rings (SSSR count). The van der Waals surface area contributed by atoms with Crippen molar-refractivity contribution < 1.29 is 26.7 Å². The molecular weight excluding hydrogens is 414 g/mol. The maximum absolute atomic E-state index is 12.6. The van der Waals surface area contributed by atoms with Gasteiger partial charge in [0.15, 0.2) is 0 Å². The second kappa shape index (κ2) is 10.3. The molecule has 6 nitrogen and oxygen atoms in total. The van der Waals surface area contributed by atoms with Crippen LogP contribution in [0.15, 0.2) is 23.1 Å². The van der Waals surface area contributed by atoms with Crippen molar-refractivity contribution in [1.82, 2.24) is 10.0 Å². The number of amides is 1. The van der Waals surface area contributed by atoms with E-state index in [4.69, 9.17) is 0 Å². The van der Waals surface area contributed by atoms with Gasteiger partial charge >= 0.3 is 6.61 Å². The van der Waals surface area contributed by atoms with E-state index in [0.29, 0.717) is 24.3 Å². The molecule has 0 aliphatic heterocycles. The Bertz CT molecular complexity index is 881. The van der Waals surface area contributed by atoms with Crippen molar-refractivity contribution in [2.45, 2.75) is 58.0 Å². The van der Waals surface area contributed by atoms with Crippen molar-refractivity contribution in [3.05, 3.63) is 34.2 Å². The SMILES string of the molecule is O=C(CC1CCCCC1)NCCNS(=O)(=O)C1=Cc2ccc(OC(F)F)cc2CC1. The number of carbonyl (C=O) groups excluding carboxylic acids is 1. The fourth-order valence-corrected chi connectivity index (χ4v) is 5.25. The van der Waals surface area contributed by atoms with E-state index in [0.717, 1.165) is 18.4 Å². The minimum atomic E-state index is -3.67. The lowest BCUT2D eigenvalue weighted by Crippen LogP contribution is -2.36. The lowest BCUT2D eigenvalue weighted by atomic mass is 9.87. The van der Waals surface area contributed by atoms with E-state index < -0.39 is 16.6 Å². The van der Waals surface area contributed by atoms with Gasteiger partial charge in [0.25, 0.3) is 0 Å². The summed E-state index contributed by atoms with van der Waals surface area (Å²) in [6.07, 6.45) is 8.52. The summed E-state index contributed by atoms with van der Waals surface area (Å²) in [5.74, 6) is 0.466. The number of ether oxygens (including phenoxy) is 1. The number of rotatable bonds is 9. The number of allylic oxidation sites excluding steroid dienone is 1. The van der Waals surface area contributed by atoms with Gasteiger partial charge < -0.3 is 10.1 Å². The van der Waals surface area contributed by atoms with Crippen LogP contribution in [0, 0.1) is 5.92 Å². The number of hydrogen-bond acceptors (Lipinski definition) is 4. The van der Waals surface area contributed by atoms with Gasteiger partial charge in [-0.2, -0.15) is 8.78 Å². The Hall–Kier alpha value is -2.00. The summed E-state index contributed by atoms with van der Waals surface area (Å²) in [4.78, 5) is 12.3. The first-order valence-electron chi connectivity index (χ1n) is 10.4. The van der Waals surface area contributed by atoms with E-state index >= 15 is 0 Å². The van der Waals surface area contributed by atoms with Crippen molar-refractivity contribution in [3.63, 3.8) is 0 Å². The molecule has 2 N–H and O–H groups in total. The van der Waals surface area contributed by atoms with Crippen molar-refractivity contribution in [1.29, 1.82) is 0 Å². The van der Waals surface area contributed by atoms with Gasteiger partial charge in [0.05, 0.1) is 4.91 Å². The smallest absolute Gasteiger partial charge is 0.387 e. The molecule has 2 aliphatic rings. The minimum absolute atomic E-state index is 0.0336. The summed E-state index contributed by atoms with van der Waals surface area (Å²) in [5.41, 5.74) is 1.44. The highest BCUT2D eigenvalue weighted by molar-refractivity contribution is 7.93. The van der Waals surface area contributed by atoms with Gasteiger partial charge in [0, 0.05) is 19.5 Å². The predicted molar refractivity (Wildman–Crippen MR) is 110 cm³/mol. The molecule has 1 amide bonds. The fraction of sp³-hybridized carbons (Fsp3) is 0.571. The lowest BCUT2D eigenvalue weighted by molar-refractivity contribution is -0.122.